The van der Waals surface area contributed by atoms with Gasteiger partial charge in [0.25, 0.3) is 5.69 Å². The molecule has 0 radical (unpaired) electrons. The summed E-state index contributed by atoms with van der Waals surface area (Å²) >= 11 is 3.19. The summed E-state index contributed by atoms with van der Waals surface area (Å²) < 4.78 is 5.65. The largest absolute Gasteiger partial charge is 0.384 e. The Kier molecular flexibility index (Phi) is 3.35. The number of halogens is 1. The number of ether oxygens (including phenoxy) is 1. The number of hydrogen-bond acceptors (Lipinski definition) is 4. The molecule has 0 amide bonds. The highest BCUT2D eigenvalue weighted by molar-refractivity contribution is 9.10. The van der Waals surface area contributed by atoms with E-state index in [2.05, 4.69) is 28.2 Å². The molecule has 17 heavy (non-hydrogen) atoms. The Bertz CT molecular complexity index is 446. The molecule has 1 aliphatic heterocycles. The van der Waals surface area contributed by atoms with Crippen molar-refractivity contribution >= 4 is 27.3 Å². The first-order chi connectivity index (χ1) is 8.00. The maximum absolute atomic E-state index is 10.6. The Morgan fingerprint density at radius 2 is 2.29 bits per heavy atom. The van der Waals surface area contributed by atoms with Crippen LogP contribution in [0.1, 0.15) is 6.92 Å². The summed E-state index contributed by atoms with van der Waals surface area (Å²) in [4.78, 5) is 10.2. The zero-order valence-corrected chi connectivity index (χ0v) is 11.0. The van der Waals surface area contributed by atoms with Crippen LogP contribution in [-0.4, -0.2) is 24.7 Å². The van der Waals surface area contributed by atoms with Gasteiger partial charge in [0.2, 0.25) is 0 Å². The minimum Gasteiger partial charge on any atom is -0.384 e. The summed E-state index contributed by atoms with van der Waals surface area (Å²) in [5.74, 6) is 0. The molecule has 0 aromatic heterocycles. The van der Waals surface area contributed by atoms with Crippen molar-refractivity contribution in [1.29, 1.82) is 0 Å². The molecule has 0 unspecified atom stereocenters. The lowest BCUT2D eigenvalue weighted by atomic mass is 9.89. The van der Waals surface area contributed by atoms with E-state index in [0.717, 1.165) is 25.4 Å². The maximum atomic E-state index is 10.6. The van der Waals surface area contributed by atoms with Gasteiger partial charge >= 0.3 is 0 Å². The summed E-state index contributed by atoms with van der Waals surface area (Å²) in [5.41, 5.74) is 1.12. The number of nitro groups is 1. The van der Waals surface area contributed by atoms with Crippen molar-refractivity contribution in [3.05, 3.63) is 32.8 Å². The second kappa shape index (κ2) is 4.62. The maximum Gasteiger partial charge on any atom is 0.283 e. The van der Waals surface area contributed by atoms with Crippen molar-refractivity contribution in [2.45, 2.75) is 6.92 Å². The van der Waals surface area contributed by atoms with Gasteiger partial charge in [0.1, 0.15) is 0 Å². The molecular weight excluding hydrogens is 288 g/mol. The van der Waals surface area contributed by atoms with Gasteiger partial charge in [-0.1, -0.05) is 6.92 Å². The number of nitrogens with one attached hydrogen (secondary N) is 1. The second-order valence-electron chi connectivity index (χ2n) is 4.58. The summed E-state index contributed by atoms with van der Waals surface area (Å²) in [5, 5.41) is 13.9. The predicted octanol–water partition coefficient (Wildman–Crippen LogP) is 2.81. The van der Waals surface area contributed by atoms with Crippen LogP contribution in [0.5, 0.6) is 0 Å². The van der Waals surface area contributed by atoms with E-state index in [1.54, 1.807) is 12.1 Å². The summed E-state index contributed by atoms with van der Waals surface area (Å²) in [6, 6.07) is 4.93. The number of anilines is 1. The summed E-state index contributed by atoms with van der Waals surface area (Å²) in [6.45, 7) is 4.46. The molecule has 0 aliphatic carbocycles. The Balaban J connectivity index is 2.02. The number of nitro benzene ring substituents is 1. The Hall–Kier alpha value is -1.14. The van der Waals surface area contributed by atoms with E-state index in [0.29, 0.717) is 4.47 Å². The van der Waals surface area contributed by atoms with Crippen molar-refractivity contribution < 1.29 is 9.66 Å². The SMILES string of the molecule is CC1(CNc2ccc([N+](=O)[O-])c(Br)c2)COC1. The lowest BCUT2D eigenvalue weighted by Crippen LogP contribution is -2.45. The van der Waals surface area contributed by atoms with Gasteiger partial charge in [-0.2, -0.15) is 0 Å². The van der Waals surface area contributed by atoms with Gasteiger partial charge in [-0.15, -0.1) is 0 Å². The van der Waals surface area contributed by atoms with E-state index in [1.807, 2.05) is 0 Å². The standard InChI is InChI=1S/C11H13BrN2O3/c1-11(6-17-7-11)5-13-8-2-3-10(14(15)16)9(12)4-8/h2-4,13H,5-7H2,1H3. The Morgan fingerprint density at radius 1 is 1.59 bits per heavy atom. The molecule has 1 aliphatic rings. The van der Waals surface area contributed by atoms with Crippen LogP contribution in [0, 0.1) is 15.5 Å². The lowest BCUT2D eigenvalue weighted by Gasteiger charge is -2.38. The van der Waals surface area contributed by atoms with Gasteiger partial charge in [0, 0.05) is 23.7 Å². The van der Waals surface area contributed by atoms with Crippen molar-refractivity contribution in [3.8, 4) is 0 Å². The van der Waals surface area contributed by atoms with Crippen LogP contribution in [0.15, 0.2) is 22.7 Å². The van der Waals surface area contributed by atoms with E-state index in [4.69, 9.17) is 4.74 Å². The third-order valence-electron chi connectivity index (χ3n) is 2.76. The Labute approximate surface area is 107 Å². The molecule has 1 saturated heterocycles. The Morgan fingerprint density at radius 3 is 2.76 bits per heavy atom. The molecule has 1 aromatic rings. The first-order valence-electron chi connectivity index (χ1n) is 5.26. The lowest BCUT2D eigenvalue weighted by molar-refractivity contribution is -0.385. The van der Waals surface area contributed by atoms with Gasteiger partial charge in [-0.25, -0.2) is 0 Å². The van der Waals surface area contributed by atoms with Crippen LogP contribution in [0.3, 0.4) is 0 Å². The van der Waals surface area contributed by atoms with E-state index < -0.39 is 4.92 Å². The fourth-order valence-electron chi connectivity index (χ4n) is 1.63. The monoisotopic (exact) mass is 300 g/mol. The molecule has 1 N–H and O–H groups in total. The number of nitrogens with zero attached hydrogens (tertiary/aromatic N) is 1. The molecule has 0 spiro atoms. The zero-order chi connectivity index (χ0) is 12.5. The second-order valence-corrected chi connectivity index (χ2v) is 5.43. The van der Waals surface area contributed by atoms with Crippen LogP contribution < -0.4 is 5.32 Å². The van der Waals surface area contributed by atoms with Crippen molar-refractivity contribution in [3.63, 3.8) is 0 Å². The fourth-order valence-corrected chi connectivity index (χ4v) is 2.16. The average molecular weight is 301 g/mol. The zero-order valence-electron chi connectivity index (χ0n) is 9.40. The average Bonchev–Trinajstić information content (AvgIpc) is 2.23. The molecule has 1 fully saturated rings. The van der Waals surface area contributed by atoms with Gasteiger partial charge in [-0.05, 0) is 28.1 Å². The van der Waals surface area contributed by atoms with Crippen LogP contribution in [0.25, 0.3) is 0 Å². The third kappa shape index (κ3) is 2.76. The van der Waals surface area contributed by atoms with E-state index in [-0.39, 0.29) is 11.1 Å². The first kappa shape index (κ1) is 12.3. The van der Waals surface area contributed by atoms with Gasteiger partial charge in [0.05, 0.1) is 22.6 Å². The molecule has 92 valence electrons. The molecule has 1 heterocycles. The van der Waals surface area contributed by atoms with Crippen LogP contribution in [0.2, 0.25) is 0 Å². The highest BCUT2D eigenvalue weighted by atomic mass is 79.9. The summed E-state index contributed by atoms with van der Waals surface area (Å²) in [6.07, 6.45) is 0. The number of hydrogen-bond donors (Lipinski definition) is 1. The molecule has 6 heteroatoms. The topological polar surface area (TPSA) is 64.4 Å². The number of benzene rings is 1. The molecule has 0 atom stereocenters. The predicted molar refractivity (Wildman–Crippen MR) is 68.2 cm³/mol. The normalized spacial score (nSPS) is 17.3. The smallest absolute Gasteiger partial charge is 0.283 e. The fraction of sp³-hybridized carbons (Fsp3) is 0.455. The third-order valence-corrected chi connectivity index (χ3v) is 3.40. The van der Waals surface area contributed by atoms with Crippen molar-refractivity contribution in [2.24, 2.45) is 5.41 Å². The van der Waals surface area contributed by atoms with Crippen LogP contribution in [-0.2, 0) is 4.74 Å². The first-order valence-corrected chi connectivity index (χ1v) is 6.05. The van der Waals surface area contributed by atoms with Gasteiger partial charge < -0.3 is 10.1 Å². The minimum atomic E-state index is -0.408. The molecule has 1 aromatic carbocycles. The number of rotatable bonds is 4. The van der Waals surface area contributed by atoms with Crippen molar-refractivity contribution in [1.82, 2.24) is 0 Å². The van der Waals surface area contributed by atoms with E-state index >= 15 is 0 Å². The summed E-state index contributed by atoms with van der Waals surface area (Å²) in [7, 11) is 0. The van der Waals surface area contributed by atoms with E-state index in [1.165, 1.54) is 6.07 Å². The highest BCUT2D eigenvalue weighted by Crippen LogP contribution is 2.30. The van der Waals surface area contributed by atoms with Crippen molar-refractivity contribution in [2.75, 3.05) is 25.1 Å². The quantitative estimate of drug-likeness (QED) is 0.686. The van der Waals surface area contributed by atoms with Crippen LogP contribution >= 0.6 is 15.9 Å². The molecule has 0 bridgehead atoms. The van der Waals surface area contributed by atoms with Gasteiger partial charge in [0.15, 0.2) is 0 Å². The van der Waals surface area contributed by atoms with Gasteiger partial charge in [-0.3, -0.25) is 10.1 Å². The molecular formula is C11H13BrN2O3. The molecule has 0 saturated carbocycles. The minimum absolute atomic E-state index is 0.0775. The van der Waals surface area contributed by atoms with Crippen LogP contribution in [0.4, 0.5) is 11.4 Å². The van der Waals surface area contributed by atoms with E-state index in [9.17, 15) is 10.1 Å². The highest BCUT2D eigenvalue weighted by Gasteiger charge is 2.32. The molecule has 5 nitrogen and oxygen atoms in total. The molecule has 2 rings (SSSR count).